The first-order valence-corrected chi connectivity index (χ1v) is 9.14. The average Bonchev–Trinajstić information content (AvgIpc) is 2.60. The number of nitrogens with zero attached hydrogens (tertiary/aromatic N) is 2. The van der Waals surface area contributed by atoms with Crippen LogP contribution in [0.25, 0.3) is 0 Å². The van der Waals surface area contributed by atoms with E-state index in [0.717, 1.165) is 51.3 Å². The van der Waals surface area contributed by atoms with Crippen molar-refractivity contribution in [1.29, 1.82) is 0 Å². The first-order valence-electron chi connectivity index (χ1n) is 8.76. The third-order valence-electron chi connectivity index (χ3n) is 4.45. The van der Waals surface area contributed by atoms with Gasteiger partial charge in [0.1, 0.15) is 5.82 Å². The fourth-order valence-electron chi connectivity index (χ4n) is 2.90. The van der Waals surface area contributed by atoms with E-state index in [1.54, 1.807) is 0 Å². The quantitative estimate of drug-likeness (QED) is 0.746. The Balaban J connectivity index is 1.75. The van der Waals surface area contributed by atoms with Crippen molar-refractivity contribution in [3.8, 4) is 0 Å². The van der Waals surface area contributed by atoms with Crippen molar-refractivity contribution in [2.75, 3.05) is 38.0 Å². The van der Waals surface area contributed by atoms with Gasteiger partial charge >= 0.3 is 6.18 Å². The maximum atomic E-state index is 12.6. The number of rotatable bonds is 7. The van der Waals surface area contributed by atoms with Crippen molar-refractivity contribution in [1.82, 2.24) is 15.2 Å². The SMILES string of the molecule is CCNCC1CCN(C(=O)CCNc2ncc(C(F)(F)F)cc2Cl)CC1. The lowest BCUT2D eigenvalue weighted by atomic mass is 9.96. The Morgan fingerprint density at radius 2 is 2.08 bits per heavy atom. The molecule has 1 saturated heterocycles. The van der Waals surface area contributed by atoms with Crippen LogP contribution in [0.15, 0.2) is 12.3 Å². The second kappa shape index (κ2) is 9.41. The molecule has 0 unspecified atom stereocenters. The van der Waals surface area contributed by atoms with Gasteiger partial charge in [0.05, 0.1) is 10.6 Å². The molecule has 0 atom stereocenters. The number of alkyl halides is 3. The Morgan fingerprint density at radius 3 is 2.65 bits per heavy atom. The van der Waals surface area contributed by atoms with E-state index in [1.165, 1.54) is 0 Å². The number of anilines is 1. The number of pyridine rings is 1. The van der Waals surface area contributed by atoms with Gasteiger partial charge in [0.2, 0.25) is 5.91 Å². The summed E-state index contributed by atoms with van der Waals surface area (Å²) in [5, 5.41) is 6.05. The van der Waals surface area contributed by atoms with Gasteiger partial charge in [-0.15, -0.1) is 0 Å². The zero-order chi connectivity index (χ0) is 19.2. The predicted molar refractivity (Wildman–Crippen MR) is 95.2 cm³/mol. The standard InChI is InChI=1S/C17H24ClF3N4O/c1-2-22-10-12-4-7-25(8-5-12)15(26)3-6-23-16-14(18)9-13(11-24-16)17(19,20)21/h9,11-12,22H,2-8,10H2,1H3,(H,23,24). The molecule has 2 heterocycles. The largest absolute Gasteiger partial charge is 0.417 e. The molecule has 1 aliphatic rings. The predicted octanol–water partition coefficient (Wildman–Crippen LogP) is 3.40. The number of hydrogen-bond donors (Lipinski definition) is 2. The van der Waals surface area contributed by atoms with Crippen LogP contribution in [0, 0.1) is 5.92 Å². The van der Waals surface area contributed by atoms with Crippen LogP contribution in [0.3, 0.4) is 0 Å². The Bertz CT molecular complexity index is 604. The van der Waals surface area contributed by atoms with E-state index in [4.69, 9.17) is 11.6 Å². The van der Waals surface area contributed by atoms with E-state index >= 15 is 0 Å². The van der Waals surface area contributed by atoms with Crippen molar-refractivity contribution in [2.24, 2.45) is 5.92 Å². The lowest BCUT2D eigenvalue weighted by molar-refractivity contribution is -0.137. The van der Waals surface area contributed by atoms with Gasteiger partial charge in [-0.25, -0.2) is 4.98 Å². The fourth-order valence-corrected chi connectivity index (χ4v) is 3.14. The van der Waals surface area contributed by atoms with E-state index < -0.39 is 11.7 Å². The molecule has 0 spiro atoms. The maximum absolute atomic E-state index is 12.6. The lowest BCUT2D eigenvalue weighted by Gasteiger charge is -2.32. The number of hydrogen-bond acceptors (Lipinski definition) is 4. The summed E-state index contributed by atoms with van der Waals surface area (Å²) in [7, 11) is 0. The van der Waals surface area contributed by atoms with Crippen LogP contribution in [0.1, 0.15) is 31.7 Å². The number of amides is 1. The first-order chi connectivity index (χ1) is 12.3. The Labute approximate surface area is 156 Å². The van der Waals surface area contributed by atoms with E-state index in [9.17, 15) is 18.0 Å². The smallest absolute Gasteiger partial charge is 0.368 e. The van der Waals surface area contributed by atoms with E-state index in [-0.39, 0.29) is 29.7 Å². The number of carbonyl (C=O) groups excluding carboxylic acids is 1. The molecule has 2 rings (SSSR count). The normalized spacial score (nSPS) is 16.0. The highest BCUT2D eigenvalue weighted by atomic mass is 35.5. The lowest BCUT2D eigenvalue weighted by Crippen LogP contribution is -2.41. The van der Waals surface area contributed by atoms with Crippen LogP contribution in [0.4, 0.5) is 19.0 Å². The molecule has 1 amide bonds. The minimum atomic E-state index is -4.48. The third kappa shape index (κ3) is 6.02. The van der Waals surface area contributed by atoms with Crippen LogP contribution >= 0.6 is 11.6 Å². The Morgan fingerprint density at radius 1 is 1.38 bits per heavy atom. The highest BCUT2D eigenvalue weighted by Gasteiger charge is 2.31. The van der Waals surface area contributed by atoms with Crippen LogP contribution in [0.2, 0.25) is 5.02 Å². The molecule has 1 aromatic heterocycles. The molecule has 146 valence electrons. The molecule has 0 aliphatic carbocycles. The van der Waals surface area contributed by atoms with E-state index in [1.807, 2.05) is 4.90 Å². The average molecular weight is 393 g/mol. The van der Waals surface area contributed by atoms with Gasteiger partial charge in [-0.05, 0) is 37.9 Å². The molecule has 0 aromatic carbocycles. The number of carbonyl (C=O) groups is 1. The summed E-state index contributed by atoms with van der Waals surface area (Å²) in [5.41, 5.74) is -0.899. The van der Waals surface area contributed by atoms with Crippen molar-refractivity contribution >= 4 is 23.3 Å². The second-order valence-corrected chi connectivity index (χ2v) is 6.77. The summed E-state index contributed by atoms with van der Waals surface area (Å²) >= 11 is 5.83. The van der Waals surface area contributed by atoms with Gasteiger partial charge in [0, 0.05) is 32.3 Å². The van der Waals surface area contributed by atoms with Gasteiger partial charge in [-0.3, -0.25) is 4.79 Å². The van der Waals surface area contributed by atoms with E-state index in [2.05, 4.69) is 22.5 Å². The molecule has 26 heavy (non-hydrogen) atoms. The van der Waals surface area contributed by atoms with Gasteiger partial charge < -0.3 is 15.5 Å². The molecule has 0 radical (unpaired) electrons. The molecular formula is C17H24ClF3N4O. The van der Waals surface area contributed by atoms with Crippen molar-refractivity contribution in [3.63, 3.8) is 0 Å². The zero-order valence-electron chi connectivity index (χ0n) is 14.7. The summed E-state index contributed by atoms with van der Waals surface area (Å²) in [6, 6.07) is 0.827. The van der Waals surface area contributed by atoms with Crippen molar-refractivity contribution in [2.45, 2.75) is 32.4 Å². The van der Waals surface area contributed by atoms with Gasteiger partial charge in [-0.1, -0.05) is 18.5 Å². The fraction of sp³-hybridized carbons (Fsp3) is 0.647. The summed E-state index contributed by atoms with van der Waals surface area (Å²) in [4.78, 5) is 17.8. The topological polar surface area (TPSA) is 57.3 Å². The molecule has 1 fully saturated rings. The molecule has 5 nitrogen and oxygen atoms in total. The van der Waals surface area contributed by atoms with Gasteiger partial charge in [0.25, 0.3) is 0 Å². The van der Waals surface area contributed by atoms with Crippen LogP contribution < -0.4 is 10.6 Å². The van der Waals surface area contributed by atoms with Crippen LogP contribution in [0.5, 0.6) is 0 Å². The summed E-state index contributed by atoms with van der Waals surface area (Å²) in [6.07, 6.45) is -1.54. The monoisotopic (exact) mass is 392 g/mol. The minimum absolute atomic E-state index is 0.0300. The summed E-state index contributed by atoms with van der Waals surface area (Å²) < 4.78 is 37.8. The van der Waals surface area contributed by atoms with Crippen LogP contribution in [-0.2, 0) is 11.0 Å². The molecular weight excluding hydrogens is 369 g/mol. The number of halogens is 4. The summed E-state index contributed by atoms with van der Waals surface area (Å²) in [6.45, 7) is 5.77. The van der Waals surface area contributed by atoms with Crippen molar-refractivity contribution in [3.05, 3.63) is 22.8 Å². The molecule has 0 saturated carbocycles. The van der Waals surface area contributed by atoms with E-state index in [0.29, 0.717) is 5.92 Å². The molecule has 2 N–H and O–H groups in total. The maximum Gasteiger partial charge on any atom is 0.417 e. The van der Waals surface area contributed by atoms with Crippen molar-refractivity contribution < 1.29 is 18.0 Å². The number of aromatic nitrogens is 1. The Hall–Kier alpha value is -1.54. The Kier molecular flexibility index (Phi) is 7.52. The van der Waals surface area contributed by atoms with Gasteiger partial charge in [-0.2, -0.15) is 13.2 Å². The number of likely N-dealkylation sites (tertiary alicyclic amines) is 1. The highest BCUT2D eigenvalue weighted by Crippen LogP contribution is 2.32. The number of nitrogens with one attached hydrogen (secondary N) is 2. The minimum Gasteiger partial charge on any atom is -0.368 e. The molecule has 1 aromatic rings. The number of piperidine rings is 1. The molecule has 0 bridgehead atoms. The summed E-state index contributed by atoms with van der Waals surface area (Å²) in [5.74, 6) is 0.784. The third-order valence-corrected chi connectivity index (χ3v) is 4.74. The first kappa shape index (κ1) is 20.8. The molecule has 1 aliphatic heterocycles. The molecule has 9 heteroatoms. The van der Waals surface area contributed by atoms with Crippen LogP contribution in [-0.4, -0.2) is 48.5 Å². The van der Waals surface area contributed by atoms with Gasteiger partial charge in [0.15, 0.2) is 0 Å². The zero-order valence-corrected chi connectivity index (χ0v) is 15.5. The second-order valence-electron chi connectivity index (χ2n) is 6.36. The highest BCUT2D eigenvalue weighted by molar-refractivity contribution is 6.32.